The molecular formula is C9H14O4. The van der Waals surface area contributed by atoms with Crippen molar-refractivity contribution in [1.82, 2.24) is 0 Å². The summed E-state index contributed by atoms with van der Waals surface area (Å²) in [6.07, 6.45) is -0.198. The zero-order valence-corrected chi connectivity index (χ0v) is 8.12. The van der Waals surface area contributed by atoms with Crippen LogP contribution in [0.4, 0.5) is 0 Å². The highest BCUT2D eigenvalue weighted by atomic mass is 16.6. The molecular weight excluding hydrogens is 172 g/mol. The van der Waals surface area contributed by atoms with Crippen molar-refractivity contribution in [2.24, 2.45) is 0 Å². The van der Waals surface area contributed by atoms with Gasteiger partial charge in [0.05, 0.1) is 6.10 Å². The monoisotopic (exact) mass is 186 g/mol. The maximum Gasteiger partial charge on any atom is 0.344 e. The Bertz CT molecular complexity index is 218. The molecule has 0 unspecified atom stereocenters. The van der Waals surface area contributed by atoms with Crippen LogP contribution in [0.2, 0.25) is 0 Å². The Morgan fingerprint density at radius 1 is 1.38 bits per heavy atom. The predicted molar refractivity (Wildman–Crippen MR) is 47.0 cm³/mol. The molecule has 0 amide bonds. The van der Waals surface area contributed by atoms with Gasteiger partial charge in [0.2, 0.25) is 0 Å². The van der Waals surface area contributed by atoms with Gasteiger partial charge in [-0.25, -0.2) is 9.59 Å². The third-order valence-corrected chi connectivity index (χ3v) is 1.04. The smallest absolute Gasteiger partial charge is 0.344 e. The van der Waals surface area contributed by atoms with E-state index in [-0.39, 0.29) is 18.3 Å². The highest BCUT2D eigenvalue weighted by molar-refractivity contribution is 5.88. The number of carbonyl (C=O) groups excluding carboxylic acids is 2. The standard InChI is InChI=1S/C9H14O4/c1-6(2)9(11)12-5-8(10)13-7(3)4/h7H,1,5H2,2-4H3. The molecule has 0 aliphatic rings. The van der Waals surface area contributed by atoms with Crippen molar-refractivity contribution < 1.29 is 19.1 Å². The molecule has 0 aromatic heterocycles. The summed E-state index contributed by atoms with van der Waals surface area (Å²) in [5, 5.41) is 0. The Hall–Kier alpha value is -1.32. The fourth-order valence-corrected chi connectivity index (χ4v) is 0.545. The molecule has 0 aliphatic heterocycles. The first-order chi connectivity index (χ1) is 5.93. The van der Waals surface area contributed by atoms with Gasteiger partial charge >= 0.3 is 11.9 Å². The Balaban J connectivity index is 3.71. The fourth-order valence-electron chi connectivity index (χ4n) is 0.545. The molecule has 0 fully saturated rings. The maximum absolute atomic E-state index is 10.9. The van der Waals surface area contributed by atoms with E-state index in [1.54, 1.807) is 13.8 Å². The minimum atomic E-state index is -0.583. The zero-order chi connectivity index (χ0) is 10.4. The summed E-state index contributed by atoms with van der Waals surface area (Å²) in [5.41, 5.74) is 0.261. The molecule has 0 rings (SSSR count). The zero-order valence-electron chi connectivity index (χ0n) is 8.12. The van der Waals surface area contributed by atoms with Crippen LogP contribution in [0.1, 0.15) is 20.8 Å². The lowest BCUT2D eigenvalue weighted by Crippen LogP contribution is -2.19. The number of carbonyl (C=O) groups is 2. The highest BCUT2D eigenvalue weighted by Gasteiger charge is 2.09. The minimum absolute atomic E-state index is 0.198. The Morgan fingerprint density at radius 2 is 1.92 bits per heavy atom. The average Bonchev–Trinajstić information content (AvgIpc) is 1.98. The van der Waals surface area contributed by atoms with E-state index in [0.29, 0.717) is 0 Å². The molecule has 4 nitrogen and oxygen atoms in total. The Kier molecular flexibility index (Phi) is 4.80. The SMILES string of the molecule is C=C(C)C(=O)OCC(=O)OC(C)C. The van der Waals surface area contributed by atoms with Crippen molar-refractivity contribution in [2.75, 3.05) is 6.61 Å². The third kappa shape index (κ3) is 5.90. The molecule has 0 N–H and O–H groups in total. The van der Waals surface area contributed by atoms with Crippen molar-refractivity contribution in [3.8, 4) is 0 Å². The quantitative estimate of drug-likeness (QED) is 0.486. The van der Waals surface area contributed by atoms with Gasteiger partial charge in [-0.1, -0.05) is 6.58 Å². The lowest BCUT2D eigenvalue weighted by atomic mass is 10.4. The van der Waals surface area contributed by atoms with E-state index in [1.807, 2.05) is 0 Å². The molecule has 0 spiro atoms. The van der Waals surface area contributed by atoms with Crippen LogP contribution in [0.15, 0.2) is 12.2 Å². The Labute approximate surface area is 77.5 Å². The van der Waals surface area contributed by atoms with Gasteiger partial charge in [-0.3, -0.25) is 0 Å². The Morgan fingerprint density at radius 3 is 2.31 bits per heavy atom. The van der Waals surface area contributed by atoms with Crippen molar-refractivity contribution in [3.05, 3.63) is 12.2 Å². The topological polar surface area (TPSA) is 52.6 Å². The largest absolute Gasteiger partial charge is 0.460 e. The van der Waals surface area contributed by atoms with Gasteiger partial charge in [0, 0.05) is 5.57 Å². The van der Waals surface area contributed by atoms with Crippen LogP contribution in [0, 0.1) is 0 Å². The molecule has 0 aromatic carbocycles. The summed E-state index contributed by atoms with van der Waals surface area (Å²) in [6.45, 7) is 7.96. The van der Waals surface area contributed by atoms with E-state index in [4.69, 9.17) is 4.74 Å². The number of rotatable bonds is 4. The van der Waals surface area contributed by atoms with Crippen molar-refractivity contribution in [3.63, 3.8) is 0 Å². The first-order valence-electron chi connectivity index (χ1n) is 3.95. The summed E-state index contributed by atoms with van der Waals surface area (Å²) in [6, 6.07) is 0. The minimum Gasteiger partial charge on any atom is -0.460 e. The van der Waals surface area contributed by atoms with Crippen LogP contribution < -0.4 is 0 Å². The molecule has 0 bridgehead atoms. The van der Waals surface area contributed by atoms with Gasteiger partial charge in [-0.05, 0) is 20.8 Å². The lowest BCUT2D eigenvalue weighted by Gasteiger charge is -2.07. The van der Waals surface area contributed by atoms with Crippen LogP contribution in [-0.4, -0.2) is 24.6 Å². The van der Waals surface area contributed by atoms with E-state index >= 15 is 0 Å². The van der Waals surface area contributed by atoms with Crippen LogP contribution in [0.25, 0.3) is 0 Å². The van der Waals surface area contributed by atoms with Gasteiger partial charge in [-0.2, -0.15) is 0 Å². The van der Waals surface area contributed by atoms with Gasteiger partial charge < -0.3 is 9.47 Å². The molecule has 13 heavy (non-hydrogen) atoms. The molecule has 0 saturated carbocycles. The molecule has 74 valence electrons. The van der Waals surface area contributed by atoms with Gasteiger partial charge in [-0.15, -0.1) is 0 Å². The van der Waals surface area contributed by atoms with E-state index < -0.39 is 11.9 Å². The highest BCUT2D eigenvalue weighted by Crippen LogP contribution is 1.94. The van der Waals surface area contributed by atoms with Crippen LogP contribution in [0.3, 0.4) is 0 Å². The molecule has 0 radical (unpaired) electrons. The van der Waals surface area contributed by atoms with E-state index in [1.165, 1.54) is 6.92 Å². The van der Waals surface area contributed by atoms with Crippen LogP contribution in [-0.2, 0) is 19.1 Å². The summed E-state index contributed by atoms with van der Waals surface area (Å²) in [4.78, 5) is 21.7. The first kappa shape index (κ1) is 11.7. The fraction of sp³-hybridized carbons (Fsp3) is 0.556. The first-order valence-corrected chi connectivity index (χ1v) is 3.95. The average molecular weight is 186 g/mol. The van der Waals surface area contributed by atoms with Crippen molar-refractivity contribution in [1.29, 1.82) is 0 Å². The van der Waals surface area contributed by atoms with E-state index in [0.717, 1.165) is 0 Å². The molecule has 0 saturated heterocycles. The molecule has 0 heterocycles. The van der Waals surface area contributed by atoms with Crippen LogP contribution in [0.5, 0.6) is 0 Å². The second-order valence-corrected chi connectivity index (χ2v) is 2.90. The molecule has 4 heteroatoms. The molecule has 0 atom stereocenters. The third-order valence-electron chi connectivity index (χ3n) is 1.04. The summed E-state index contributed by atoms with van der Waals surface area (Å²) < 4.78 is 9.29. The van der Waals surface area contributed by atoms with Gasteiger partial charge in [0.15, 0.2) is 6.61 Å². The summed E-state index contributed by atoms with van der Waals surface area (Å²) >= 11 is 0. The summed E-state index contributed by atoms with van der Waals surface area (Å²) in [5.74, 6) is -1.13. The van der Waals surface area contributed by atoms with E-state index in [2.05, 4.69) is 11.3 Å². The molecule has 0 aromatic rings. The number of hydrogen-bond donors (Lipinski definition) is 0. The number of esters is 2. The lowest BCUT2D eigenvalue weighted by molar-refractivity contribution is -0.159. The van der Waals surface area contributed by atoms with Crippen molar-refractivity contribution in [2.45, 2.75) is 26.9 Å². The van der Waals surface area contributed by atoms with Gasteiger partial charge in [0.1, 0.15) is 0 Å². The van der Waals surface area contributed by atoms with E-state index in [9.17, 15) is 9.59 Å². The van der Waals surface area contributed by atoms with Gasteiger partial charge in [0.25, 0.3) is 0 Å². The predicted octanol–water partition coefficient (Wildman–Crippen LogP) is 1.06. The summed E-state index contributed by atoms with van der Waals surface area (Å²) in [7, 11) is 0. The number of ether oxygens (including phenoxy) is 2. The maximum atomic E-state index is 10.9. The number of hydrogen-bond acceptors (Lipinski definition) is 4. The second-order valence-electron chi connectivity index (χ2n) is 2.90. The van der Waals surface area contributed by atoms with Crippen molar-refractivity contribution >= 4 is 11.9 Å². The second kappa shape index (κ2) is 5.35. The van der Waals surface area contributed by atoms with Crippen LogP contribution >= 0.6 is 0 Å². The normalized spacial score (nSPS) is 9.54. The molecule has 0 aliphatic carbocycles.